The van der Waals surface area contributed by atoms with Gasteiger partial charge in [-0.05, 0) is 18.6 Å². The Labute approximate surface area is 105 Å². The minimum Gasteiger partial charge on any atom is -0.398 e. The summed E-state index contributed by atoms with van der Waals surface area (Å²) in [6, 6.07) is 3.74. The quantitative estimate of drug-likeness (QED) is 0.789. The smallest absolute Gasteiger partial charge is 0.248 e. The maximum absolute atomic E-state index is 13.6. The summed E-state index contributed by atoms with van der Waals surface area (Å²) in [4.78, 5) is -0.511. The third kappa shape index (κ3) is 1.98. The number of nitrogens with zero attached hydrogens (tertiary/aromatic N) is 1. The molecule has 1 fully saturated rings. The lowest BCUT2D eigenvalue weighted by Crippen LogP contribution is -2.63. The van der Waals surface area contributed by atoms with E-state index in [1.54, 1.807) is 6.92 Å². The highest BCUT2D eigenvalue weighted by molar-refractivity contribution is 7.89. The zero-order valence-electron chi connectivity index (χ0n) is 9.93. The molecule has 0 aliphatic carbocycles. The van der Waals surface area contributed by atoms with Crippen molar-refractivity contribution in [2.75, 3.05) is 18.8 Å². The number of hydrogen-bond donors (Lipinski definition) is 2. The fourth-order valence-corrected chi connectivity index (χ4v) is 3.69. The number of nitrogen functional groups attached to an aromatic ring is 1. The van der Waals surface area contributed by atoms with Gasteiger partial charge in [0.05, 0.1) is 11.3 Å². The second-order valence-corrected chi connectivity index (χ2v) is 6.38. The second-order valence-electron chi connectivity index (χ2n) is 4.51. The van der Waals surface area contributed by atoms with Gasteiger partial charge in [-0.25, -0.2) is 12.8 Å². The number of benzene rings is 1. The molecule has 0 unspecified atom stereocenters. The standard InChI is InChI=1S/C11H15FN2O3S/c1-2-11(15)6-14(7-11)18(16,17)10-8(12)4-3-5-9(10)13/h3-5,15H,2,6-7,13H2,1H3. The third-order valence-corrected chi connectivity index (χ3v) is 5.08. The van der Waals surface area contributed by atoms with Crippen molar-refractivity contribution in [3.8, 4) is 0 Å². The molecule has 1 saturated heterocycles. The molecule has 1 heterocycles. The summed E-state index contributed by atoms with van der Waals surface area (Å²) in [5, 5.41) is 9.81. The molecule has 18 heavy (non-hydrogen) atoms. The third-order valence-electron chi connectivity index (χ3n) is 3.19. The van der Waals surface area contributed by atoms with Crippen molar-refractivity contribution in [3.63, 3.8) is 0 Å². The molecular weight excluding hydrogens is 259 g/mol. The first-order valence-corrected chi connectivity index (χ1v) is 7.01. The highest BCUT2D eigenvalue weighted by Gasteiger charge is 2.47. The zero-order valence-corrected chi connectivity index (χ0v) is 10.7. The maximum atomic E-state index is 13.6. The number of anilines is 1. The van der Waals surface area contributed by atoms with E-state index in [2.05, 4.69) is 0 Å². The summed E-state index contributed by atoms with van der Waals surface area (Å²) < 4.78 is 38.9. The van der Waals surface area contributed by atoms with Gasteiger partial charge in [0, 0.05) is 13.1 Å². The molecule has 5 nitrogen and oxygen atoms in total. The van der Waals surface area contributed by atoms with Crippen molar-refractivity contribution >= 4 is 15.7 Å². The van der Waals surface area contributed by atoms with E-state index in [-0.39, 0.29) is 18.8 Å². The van der Waals surface area contributed by atoms with Crippen LogP contribution in [0, 0.1) is 5.82 Å². The lowest BCUT2D eigenvalue weighted by Gasteiger charge is -2.44. The minimum atomic E-state index is -3.97. The van der Waals surface area contributed by atoms with Gasteiger partial charge in [-0.3, -0.25) is 0 Å². The molecule has 0 aromatic heterocycles. The predicted octanol–water partition coefficient (Wildman–Crippen LogP) is 0.553. The van der Waals surface area contributed by atoms with Gasteiger partial charge >= 0.3 is 0 Å². The molecule has 0 saturated carbocycles. The molecule has 2 rings (SSSR count). The summed E-state index contributed by atoms with van der Waals surface area (Å²) in [5.74, 6) is -0.873. The van der Waals surface area contributed by atoms with Gasteiger partial charge < -0.3 is 10.8 Å². The maximum Gasteiger partial charge on any atom is 0.248 e. The van der Waals surface area contributed by atoms with Gasteiger partial charge in [-0.2, -0.15) is 4.31 Å². The molecule has 0 radical (unpaired) electrons. The second kappa shape index (κ2) is 4.18. The summed E-state index contributed by atoms with van der Waals surface area (Å²) in [7, 11) is -3.97. The van der Waals surface area contributed by atoms with E-state index in [1.807, 2.05) is 0 Å². The fourth-order valence-electron chi connectivity index (χ4n) is 1.93. The summed E-state index contributed by atoms with van der Waals surface area (Å²) in [6.45, 7) is 1.71. The fraction of sp³-hybridized carbons (Fsp3) is 0.455. The summed E-state index contributed by atoms with van der Waals surface area (Å²) >= 11 is 0. The van der Waals surface area contributed by atoms with Crippen LogP contribution in [0.2, 0.25) is 0 Å². The summed E-state index contributed by atoms with van der Waals surface area (Å²) in [6.07, 6.45) is 0.450. The van der Waals surface area contributed by atoms with Gasteiger partial charge in [0.15, 0.2) is 0 Å². The van der Waals surface area contributed by atoms with E-state index in [0.717, 1.165) is 10.4 Å². The average molecular weight is 274 g/mol. The number of nitrogens with two attached hydrogens (primary N) is 1. The van der Waals surface area contributed by atoms with Crippen LogP contribution in [0.4, 0.5) is 10.1 Å². The van der Waals surface area contributed by atoms with Gasteiger partial charge in [0.1, 0.15) is 10.7 Å². The first-order valence-electron chi connectivity index (χ1n) is 5.57. The normalized spacial score (nSPS) is 19.5. The molecule has 0 spiro atoms. The highest BCUT2D eigenvalue weighted by Crippen LogP contribution is 2.33. The molecular formula is C11H15FN2O3S. The van der Waals surface area contributed by atoms with Crippen LogP contribution in [0.3, 0.4) is 0 Å². The van der Waals surface area contributed by atoms with Gasteiger partial charge in [-0.1, -0.05) is 13.0 Å². The van der Waals surface area contributed by atoms with E-state index in [1.165, 1.54) is 12.1 Å². The Balaban J connectivity index is 2.34. The minimum absolute atomic E-state index is 0.0282. The number of rotatable bonds is 3. The molecule has 0 bridgehead atoms. The van der Waals surface area contributed by atoms with Crippen LogP contribution in [0.1, 0.15) is 13.3 Å². The Kier molecular flexibility index (Phi) is 3.08. The average Bonchev–Trinajstić information content (AvgIpc) is 2.24. The van der Waals surface area contributed by atoms with Crippen LogP contribution in [0.15, 0.2) is 23.1 Å². The van der Waals surface area contributed by atoms with Crippen LogP contribution >= 0.6 is 0 Å². The molecule has 1 aromatic rings. The molecule has 3 N–H and O–H groups in total. The Bertz CT molecular complexity index is 547. The van der Waals surface area contributed by atoms with Crippen molar-refractivity contribution in [1.29, 1.82) is 0 Å². The highest BCUT2D eigenvalue weighted by atomic mass is 32.2. The van der Waals surface area contributed by atoms with Gasteiger partial charge in [0.25, 0.3) is 0 Å². The monoisotopic (exact) mass is 274 g/mol. The SMILES string of the molecule is CCC1(O)CN(S(=O)(=O)c2c(N)cccc2F)C1. The van der Waals surface area contributed by atoms with Gasteiger partial charge in [-0.15, -0.1) is 0 Å². The Morgan fingerprint density at radius 2 is 2.11 bits per heavy atom. The van der Waals surface area contributed by atoms with E-state index in [9.17, 15) is 17.9 Å². The van der Waals surface area contributed by atoms with Crippen molar-refractivity contribution in [2.45, 2.75) is 23.8 Å². The van der Waals surface area contributed by atoms with E-state index < -0.39 is 26.3 Å². The van der Waals surface area contributed by atoms with Crippen LogP contribution in [-0.4, -0.2) is 36.5 Å². The molecule has 1 aromatic carbocycles. The Morgan fingerprint density at radius 1 is 1.50 bits per heavy atom. The molecule has 0 atom stereocenters. The Morgan fingerprint density at radius 3 is 2.61 bits per heavy atom. The lowest BCUT2D eigenvalue weighted by atomic mass is 9.94. The van der Waals surface area contributed by atoms with Crippen LogP contribution in [-0.2, 0) is 10.0 Å². The molecule has 0 amide bonds. The van der Waals surface area contributed by atoms with Crippen LogP contribution in [0.25, 0.3) is 0 Å². The lowest BCUT2D eigenvalue weighted by molar-refractivity contribution is -0.0614. The van der Waals surface area contributed by atoms with E-state index in [0.29, 0.717) is 6.42 Å². The van der Waals surface area contributed by atoms with Crippen LogP contribution < -0.4 is 5.73 Å². The zero-order chi connectivity index (χ0) is 13.6. The molecule has 7 heteroatoms. The number of aliphatic hydroxyl groups is 1. The van der Waals surface area contributed by atoms with Crippen molar-refractivity contribution in [1.82, 2.24) is 4.31 Å². The van der Waals surface area contributed by atoms with E-state index in [4.69, 9.17) is 5.73 Å². The molecule has 100 valence electrons. The van der Waals surface area contributed by atoms with Crippen molar-refractivity contribution in [2.24, 2.45) is 0 Å². The van der Waals surface area contributed by atoms with E-state index >= 15 is 0 Å². The first kappa shape index (κ1) is 13.3. The Hall–Kier alpha value is -1.18. The molecule has 1 aliphatic rings. The van der Waals surface area contributed by atoms with Crippen molar-refractivity contribution in [3.05, 3.63) is 24.0 Å². The predicted molar refractivity (Wildman–Crippen MR) is 64.8 cm³/mol. The first-order chi connectivity index (χ1) is 8.30. The number of halogens is 1. The number of sulfonamides is 1. The summed E-state index contributed by atoms with van der Waals surface area (Å²) in [5.41, 5.74) is 4.39. The molecule has 1 aliphatic heterocycles. The topological polar surface area (TPSA) is 83.6 Å². The van der Waals surface area contributed by atoms with Crippen molar-refractivity contribution < 1.29 is 17.9 Å². The van der Waals surface area contributed by atoms with Crippen LogP contribution in [0.5, 0.6) is 0 Å². The number of hydrogen-bond acceptors (Lipinski definition) is 4. The van der Waals surface area contributed by atoms with Gasteiger partial charge in [0.2, 0.25) is 10.0 Å². The number of β-amino-alcohol motifs (C(OH)–C–C–N with tert-alkyl or cyclic N) is 1. The largest absolute Gasteiger partial charge is 0.398 e.